The first kappa shape index (κ1) is 14.9. The fourth-order valence-corrected chi connectivity index (χ4v) is 3.45. The lowest BCUT2D eigenvalue weighted by Gasteiger charge is -2.38. The number of hydrogen-bond acceptors (Lipinski definition) is 1. The lowest BCUT2D eigenvalue weighted by atomic mass is 9.72. The van der Waals surface area contributed by atoms with Crippen molar-refractivity contribution >= 4 is 11.6 Å². The molecule has 0 spiro atoms. The van der Waals surface area contributed by atoms with Gasteiger partial charge >= 0.3 is 0 Å². The van der Waals surface area contributed by atoms with Gasteiger partial charge in [0, 0.05) is 22.5 Å². The van der Waals surface area contributed by atoms with Gasteiger partial charge in [-0.25, -0.2) is 0 Å². The van der Waals surface area contributed by atoms with Crippen LogP contribution in [0, 0.1) is 5.92 Å². The fourth-order valence-electron chi connectivity index (χ4n) is 3.26. The molecule has 0 aromatic heterocycles. The minimum absolute atomic E-state index is 0.161. The second kappa shape index (κ2) is 5.46. The summed E-state index contributed by atoms with van der Waals surface area (Å²) in [5.74, 6) is 0.709. The van der Waals surface area contributed by atoms with Gasteiger partial charge in [0.05, 0.1) is 0 Å². The SMILES string of the molecule is CC1CCCC1(CNC(C)(C)C)c1cccc(Cl)c1. The van der Waals surface area contributed by atoms with Crippen LogP contribution in [0.1, 0.15) is 52.5 Å². The maximum absolute atomic E-state index is 6.20. The minimum Gasteiger partial charge on any atom is -0.311 e. The number of nitrogens with one attached hydrogen (secondary N) is 1. The Morgan fingerprint density at radius 1 is 1.37 bits per heavy atom. The van der Waals surface area contributed by atoms with Crippen molar-refractivity contribution in [2.24, 2.45) is 5.92 Å². The third kappa shape index (κ3) is 3.32. The van der Waals surface area contributed by atoms with Gasteiger partial charge in [0.2, 0.25) is 0 Å². The van der Waals surface area contributed by atoms with Gasteiger partial charge in [-0.3, -0.25) is 0 Å². The zero-order chi connectivity index (χ0) is 14.1. The van der Waals surface area contributed by atoms with Gasteiger partial charge in [-0.05, 0) is 57.2 Å². The Morgan fingerprint density at radius 3 is 2.63 bits per heavy atom. The molecule has 0 saturated heterocycles. The molecule has 0 aliphatic heterocycles. The second-order valence-electron chi connectivity index (χ2n) is 7.06. The highest BCUT2D eigenvalue weighted by atomic mass is 35.5. The largest absolute Gasteiger partial charge is 0.311 e. The first-order valence-corrected chi connectivity index (χ1v) is 7.72. The third-order valence-corrected chi connectivity index (χ3v) is 4.77. The van der Waals surface area contributed by atoms with Crippen molar-refractivity contribution in [3.05, 3.63) is 34.9 Å². The predicted molar refractivity (Wildman–Crippen MR) is 83.9 cm³/mol. The van der Waals surface area contributed by atoms with E-state index < -0.39 is 0 Å². The van der Waals surface area contributed by atoms with Crippen LogP contribution in [0.25, 0.3) is 0 Å². The summed E-state index contributed by atoms with van der Waals surface area (Å²) in [6, 6.07) is 8.46. The van der Waals surface area contributed by atoms with E-state index in [2.05, 4.69) is 51.2 Å². The van der Waals surface area contributed by atoms with Gasteiger partial charge < -0.3 is 5.32 Å². The first-order valence-electron chi connectivity index (χ1n) is 7.35. The Bertz CT molecular complexity index is 435. The van der Waals surface area contributed by atoms with Crippen molar-refractivity contribution in [1.82, 2.24) is 5.32 Å². The molecule has 1 aromatic rings. The Kier molecular flexibility index (Phi) is 4.27. The van der Waals surface area contributed by atoms with E-state index in [0.29, 0.717) is 5.92 Å². The molecule has 1 nitrogen and oxygen atoms in total. The highest BCUT2D eigenvalue weighted by molar-refractivity contribution is 6.30. The zero-order valence-electron chi connectivity index (χ0n) is 12.6. The second-order valence-corrected chi connectivity index (χ2v) is 7.50. The summed E-state index contributed by atoms with van der Waals surface area (Å²) in [6.45, 7) is 10.1. The highest BCUT2D eigenvalue weighted by Crippen LogP contribution is 2.45. The normalized spacial score (nSPS) is 27.7. The molecule has 0 amide bonds. The Balaban J connectivity index is 2.30. The third-order valence-electron chi connectivity index (χ3n) is 4.54. The molecular weight excluding hydrogens is 254 g/mol. The summed E-state index contributed by atoms with van der Waals surface area (Å²) in [5.41, 5.74) is 1.81. The van der Waals surface area contributed by atoms with E-state index in [9.17, 15) is 0 Å². The topological polar surface area (TPSA) is 12.0 Å². The van der Waals surface area contributed by atoms with Crippen molar-refractivity contribution in [1.29, 1.82) is 0 Å². The molecule has 2 unspecified atom stereocenters. The van der Waals surface area contributed by atoms with E-state index in [0.717, 1.165) is 11.6 Å². The van der Waals surface area contributed by atoms with Crippen molar-refractivity contribution in [3.63, 3.8) is 0 Å². The molecule has 1 saturated carbocycles. The molecule has 2 rings (SSSR count). The Morgan fingerprint density at radius 2 is 2.11 bits per heavy atom. The Labute approximate surface area is 122 Å². The summed E-state index contributed by atoms with van der Waals surface area (Å²) in [7, 11) is 0. The summed E-state index contributed by atoms with van der Waals surface area (Å²) in [5, 5.41) is 4.56. The number of hydrogen-bond donors (Lipinski definition) is 1. The standard InChI is InChI=1S/C17H26ClN/c1-13-7-6-10-17(13,12-19-16(2,3)4)14-8-5-9-15(18)11-14/h5,8-9,11,13,19H,6-7,10,12H2,1-4H3. The van der Waals surface area contributed by atoms with Gasteiger partial charge in [-0.15, -0.1) is 0 Å². The van der Waals surface area contributed by atoms with E-state index in [-0.39, 0.29) is 11.0 Å². The van der Waals surface area contributed by atoms with Crippen LogP contribution < -0.4 is 5.32 Å². The number of rotatable bonds is 3. The fraction of sp³-hybridized carbons (Fsp3) is 0.647. The molecule has 1 aliphatic carbocycles. The number of benzene rings is 1. The van der Waals surface area contributed by atoms with Crippen LogP contribution in [-0.2, 0) is 5.41 Å². The molecule has 19 heavy (non-hydrogen) atoms. The molecular formula is C17H26ClN. The van der Waals surface area contributed by atoms with Crippen LogP contribution in [-0.4, -0.2) is 12.1 Å². The molecule has 1 aromatic carbocycles. The summed E-state index contributed by atoms with van der Waals surface area (Å²) in [4.78, 5) is 0. The maximum Gasteiger partial charge on any atom is 0.0408 e. The molecule has 1 fully saturated rings. The van der Waals surface area contributed by atoms with E-state index in [1.54, 1.807) is 0 Å². The summed E-state index contributed by atoms with van der Waals surface area (Å²) < 4.78 is 0. The van der Waals surface area contributed by atoms with Gasteiger partial charge in [0.15, 0.2) is 0 Å². The average Bonchev–Trinajstić information content (AvgIpc) is 2.68. The van der Waals surface area contributed by atoms with Crippen molar-refractivity contribution < 1.29 is 0 Å². The van der Waals surface area contributed by atoms with Gasteiger partial charge in [0.25, 0.3) is 0 Å². The minimum atomic E-state index is 0.161. The summed E-state index contributed by atoms with van der Waals surface area (Å²) >= 11 is 6.20. The quantitative estimate of drug-likeness (QED) is 0.839. The smallest absolute Gasteiger partial charge is 0.0408 e. The first-order chi connectivity index (χ1) is 8.83. The van der Waals surface area contributed by atoms with E-state index in [4.69, 9.17) is 11.6 Å². The molecule has 0 radical (unpaired) electrons. The zero-order valence-corrected chi connectivity index (χ0v) is 13.3. The van der Waals surface area contributed by atoms with Crippen LogP contribution in [0.5, 0.6) is 0 Å². The van der Waals surface area contributed by atoms with Crippen molar-refractivity contribution in [2.75, 3.05) is 6.54 Å². The predicted octanol–water partition coefficient (Wildman–Crippen LogP) is 4.79. The highest BCUT2D eigenvalue weighted by Gasteiger charge is 2.42. The van der Waals surface area contributed by atoms with Gasteiger partial charge in [0.1, 0.15) is 0 Å². The monoisotopic (exact) mass is 279 g/mol. The molecule has 2 heteroatoms. The maximum atomic E-state index is 6.20. The van der Waals surface area contributed by atoms with Crippen molar-refractivity contribution in [3.8, 4) is 0 Å². The molecule has 0 bridgehead atoms. The van der Waals surface area contributed by atoms with Crippen LogP contribution in [0.3, 0.4) is 0 Å². The molecule has 2 atom stereocenters. The van der Waals surface area contributed by atoms with Gasteiger partial charge in [-0.2, -0.15) is 0 Å². The molecule has 1 N–H and O–H groups in total. The Hall–Kier alpha value is -0.530. The van der Waals surface area contributed by atoms with Crippen LogP contribution >= 0.6 is 11.6 Å². The molecule has 0 heterocycles. The van der Waals surface area contributed by atoms with E-state index in [1.165, 1.54) is 24.8 Å². The molecule has 106 valence electrons. The average molecular weight is 280 g/mol. The van der Waals surface area contributed by atoms with Crippen molar-refractivity contribution in [2.45, 2.75) is 57.9 Å². The van der Waals surface area contributed by atoms with E-state index in [1.807, 2.05) is 6.07 Å². The van der Waals surface area contributed by atoms with E-state index >= 15 is 0 Å². The van der Waals surface area contributed by atoms with Crippen LogP contribution in [0.2, 0.25) is 5.02 Å². The lowest BCUT2D eigenvalue weighted by molar-refractivity contribution is 0.279. The summed E-state index contributed by atoms with van der Waals surface area (Å²) in [6.07, 6.45) is 3.90. The van der Waals surface area contributed by atoms with Gasteiger partial charge in [-0.1, -0.05) is 37.1 Å². The number of halogens is 1. The molecule has 1 aliphatic rings. The van der Waals surface area contributed by atoms with Crippen LogP contribution in [0.4, 0.5) is 0 Å². The lowest BCUT2D eigenvalue weighted by Crippen LogP contribution is -2.47. The van der Waals surface area contributed by atoms with Crippen LogP contribution in [0.15, 0.2) is 24.3 Å².